The average Bonchev–Trinajstić information content (AvgIpc) is 2.73. The molecule has 20 heavy (non-hydrogen) atoms. The normalized spacial score (nSPS) is 25.4. The Morgan fingerprint density at radius 2 is 2.10 bits per heavy atom. The fourth-order valence-electron chi connectivity index (χ4n) is 2.88. The van der Waals surface area contributed by atoms with Crippen LogP contribution >= 0.6 is 27.3 Å². The molecular formula is C16H27BrN2S. The Kier molecular flexibility index (Phi) is 5.33. The molecule has 1 aliphatic heterocycles. The van der Waals surface area contributed by atoms with E-state index in [9.17, 15) is 0 Å². The van der Waals surface area contributed by atoms with Gasteiger partial charge in [0.2, 0.25) is 0 Å². The number of nitrogens with zero attached hydrogens (tertiary/aromatic N) is 1. The van der Waals surface area contributed by atoms with Gasteiger partial charge in [0.1, 0.15) is 0 Å². The summed E-state index contributed by atoms with van der Waals surface area (Å²) in [5.74, 6) is 0.687. The molecule has 2 atom stereocenters. The van der Waals surface area contributed by atoms with Gasteiger partial charge in [-0.05, 0) is 39.4 Å². The average molecular weight is 359 g/mol. The lowest BCUT2D eigenvalue weighted by Gasteiger charge is -2.46. The van der Waals surface area contributed by atoms with Crippen LogP contribution in [0, 0.1) is 11.3 Å². The Hall–Kier alpha value is 0.1000. The van der Waals surface area contributed by atoms with E-state index in [4.69, 9.17) is 0 Å². The minimum Gasteiger partial charge on any atom is -0.311 e. The molecule has 0 radical (unpaired) electrons. The Balaban J connectivity index is 2.10. The van der Waals surface area contributed by atoms with Crippen LogP contribution in [0.1, 0.15) is 39.5 Å². The lowest BCUT2D eigenvalue weighted by molar-refractivity contribution is 0.0580. The molecule has 0 aliphatic carbocycles. The fraction of sp³-hybridized carbons (Fsp3) is 0.750. The third kappa shape index (κ3) is 4.06. The van der Waals surface area contributed by atoms with Gasteiger partial charge in [-0.1, -0.05) is 34.6 Å². The monoisotopic (exact) mass is 358 g/mol. The van der Waals surface area contributed by atoms with Crippen LogP contribution in [0.2, 0.25) is 0 Å². The van der Waals surface area contributed by atoms with Crippen molar-refractivity contribution in [2.75, 3.05) is 13.1 Å². The van der Waals surface area contributed by atoms with Crippen molar-refractivity contribution in [3.05, 3.63) is 20.8 Å². The van der Waals surface area contributed by atoms with E-state index in [1.54, 1.807) is 0 Å². The second-order valence-electron chi connectivity index (χ2n) is 7.27. The predicted octanol–water partition coefficient (Wildman–Crippen LogP) is 4.36. The van der Waals surface area contributed by atoms with E-state index in [0.717, 1.165) is 19.6 Å². The van der Waals surface area contributed by atoms with E-state index in [1.165, 1.54) is 8.66 Å². The van der Waals surface area contributed by atoms with Crippen LogP contribution in [0.4, 0.5) is 0 Å². The van der Waals surface area contributed by atoms with Crippen LogP contribution < -0.4 is 5.32 Å². The number of hydrogen-bond donors (Lipinski definition) is 1. The van der Waals surface area contributed by atoms with Crippen molar-refractivity contribution in [2.45, 2.75) is 53.2 Å². The third-order valence-electron chi connectivity index (χ3n) is 4.26. The standard InChI is InChI=1S/C16H27BrN2S/c1-11(2)13-8-18-14(16(3,4)5)10-19(13)9-12-6-7-15(17)20-12/h6-7,11,13-14,18H,8-10H2,1-5H3. The number of thiophene rings is 1. The first-order valence-corrected chi connectivity index (χ1v) is 9.10. The molecule has 0 bridgehead atoms. The highest BCUT2D eigenvalue weighted by atomic mass is 79.9. The molecule has 2 unspecified atom stereocenters. The Morgan fingerprint density at radius 1 is 1.40 bits per heavy atom. The summed E-state index contributed by atoms with van der Waals surface area (Å²) in [6.45, 7) is 15.0. The SMILES string of the molecule is CC(C)C1CNC(C(C)(C)C)CN1Cc1ccc(Br)s1. The molecule has 0 amide bonds. The van der Waals surface area contributed by atoms with E-state index in [-0.39, 0.29) is 0 Å². The van der Waals surface area contributed by atoms with Crippen molar-refractivity contribution >= 4 is 27.3 Å². The number of piperazine rings is 1. The first kappa shape index (κ1) is 16.5. The van der Waals surface area contributed by atoms with E-state index >= 15 is 0 Å². The van der Waals surface area contributed by atoms with Gasteiger partial charge < -0.3 is 5.32 Å². The van der Waals surface area contributed by atoms with Gasteiger partial charge in [0.25, 0.3) is 0 Å². The van der Waals surface area contributed by atoms with E-state index in [0.29, 0.717) is 23.4 Å². The second kappa shape index (κ2) is 6.47. The Bertz CT molecular complexity index is 436. The van der Waals surface area contributed by atoms with E-state index in [1.807, 2.05) is 11.3 Å². The Labute approximate surface area is 136 Å². The zero-order valence-electron chi connectivity index (χ0n) is 13.2. The van der Waals surface area contributed by atoms with Crippen LogP contribution in [0.5, 0.6) is 0 Å². The lowest BCUT2D eigenvalue weighted by Crippen LogP contribution is -2.61. The summed E-state index contributed by atoms with van der Waals surface area (Å²) in [6.07, 6.45) is 0. The number of halogens is 1. The highest BCUT2D eigenvalue weighted by molar-refractivity contribution is 9.11. The summed E-state index contributed by atoms with van der Waals surface area (Å²) in [6, 6.07) is 5.61. The van der Waals surface area contributed by atoms with Crippen molar-refractivity contribution in [1.82, 2.24) is 10.2 Å². The van der Waals surface area contributed by atoms with Gasteiger partial charge in [-0.3, -0.25) is 4.90 Å². The van der Waals surface area contributed by atoms with Crippen LogP contribution in [0.3, 0.4) is 0 Å². The molecule has 2 rings (SSSR count). The smallest absolute Gasteiger partial charge is 0.0701 e. The van der Waals surface area contributed by atoms with Gasteiger partial charge in [-0.25, -0.2) is 0 Å². The van der Waals surface area contributed by atoms with Crippen LogP contribution in [0.25, 0.3) is 0 Å². The highest BCUT2D eigenvalue weighted by Gasteiger charge is 2.35. The molecule has 1 aromatic rings. The zero-order chi connectivity index (χ0) is 14.9. The molecular weight excluding hydrogens is 332 g/mol. The van der Waals surface area contributed by atoms with Crippen molar-refractivity contribution < 1.29 is 0 Å². The molecule has 114 valence electrons. The summed E-state index contributed by atoms with van der Waals surface area (Å²) in [5.41, 5.74) is 0.316. The van der Waals surface area contributed by atoms with Gasteiger partial charge in [0.05, 0.1) is 3.79 Å². The number of nitrogens with one attached hydrogen (secondary N) is 1. The molecule has 1 saturated heterocycles. The zero-order valence-corrected chi connectivity index (χ0v) is 15.6. The number of hydrogen-bond acceptors (Lipinski definition) is 3. The van der Waals surface area contributed by atoms with Gasteiger partial charge in [-0.2, -0.15) is 0 Å². The molecule has 0 spiro atoms. The van der Waals surface area contributed by atoms with Crippen LogP contribution in [0.15, 0.2) is 15.9 Å². The molecule has 1 aromatic heterocycles. The van der Waals surface area contributed by atoms with Crippen molar-refractivity contribution in [3.8, 4) is 0 Å². The van der Waals surface area contributed by atoms with Gasteiger partial charge in [-0.15, -0.1) is 11.3 Å². The van der Waals surface area contributed by atoms with Crippen molar-refractivity contribution in [2.24, 2.45) is 11.3 Å². The maximum atomic E-state index is 3.76. The molecule has 0 saturated carbocycles. The molecule has 2 heterocycles. The predicted molar refractivity (Wildman–Crippen MR) is 92.3 cm³/mol. The third-order valence-corrected chi connectivity index (χ3v) is 5.87. The minimum atomic E-state index is 0.316. The molecule has 1 aliphatic rings. The van der Waals surface area contributed by atoms with Gasteiger partial charge in [0.15, 0.2) is 0 Å². The molecule has 1 fully saturated rings. The highest BCUT2D eigenvalue weighted by Crippen LogP contribution is 2.29. The lowest BCUT2D eigenvalue weighted by atomic mass is 9.83. The maximum absolute atomic E-state index is 3.76. The first-order valence-electron chi connectivity index (χ1n) is 7.49. The first-order chi connectivity index (χ1) is 9.27. The van der Waals surface area contributed by atoms with E-state index in [2.05, 4.69) is 72.9 Å². The maximum Gasteiger partial charge on any atom is 0.0701 e. The van der Waals surface area contributed by atoms with Crippen LogP contribution in [-0.4, -0.2) is 30.1 Å². The summed E-state index contributed by atoms with van der Waals surface area (Å²) >= 11 is 5.43. The molecule has 2 nitrogen and oxygen atoms in total. The minimum absolute atomic E-state index is 0.316. The molecule has 1 N–H and O–H groups in total. The molecule has 4 heteroatoms. The largest absolute Gasteiger partial charge is 0.311 e. The summed E-state index contributed by atoms with van der Waals surface area (Å²) in [7, 11) is 0. The molecule has 0 aromatic carbocycles. The van der Waals surface area contributed by atoms with Gasteiger partial charge in [0, 0.05) is 36.6 Å². The quantitative estimate of drug-likeness (QED) is 0.863. The topological polar surface area (TPSA) is 15.3 Å². The summed E-state index contributed by atoms with van der Waals surface area (Å²) < 4.78 is 1.23. The van der Waals surface area contributed by atoms with Gasteiger partial charge >= 0.3 is 0 Å². The Morgan fingerprint density at radius 3 is 2.60 bits per heavy atom. The number of rotatable bonds is 3. The second-order valence-corrected chi connectivity index (χ2v) is 9.82. The fourth-order valence-corrected chi connectivity index (χ4v) is 4.39. The van der Waals surface area contributed by atoms with Crippen molar-refractivity contribution in [1.29, 1.82) is 0 Å². The van der Waals surface area contributed by atoms with E-state index < -0.39 is 0 Å². The van der Waals surface area contributed by atoms with Crippen molar-refractivity contribution in [3.63, 3.8) is 0 Å². The summed E-state index contributed by atoms with van der Waals surface area (Å²) in [5, 5.41) is 3.76. The summed E-state index contributed by atoms with van der Waals surface area (Å²) in [4.78, 5) is 4.13. The van der Waals surface area contributed by atoms with Crippen LogP contribution in [-0.2, 0) is 6.54 Å².